The van der Waals surface area contributed by atoms with Crippen LogP contribution >= 0.6 is 11.3 Å². The van der Waals surface area contributed by atoms with Crippen molar-refractivity contribution in [3.8, 4) is 0 Å². The maximum absolute atomic E-state index is 11.4. The minimum absolute atomic E-state index is 0.492. The number of aliphatic carboxylic acids is 1. The molecule has 0 amide bonds. The van der Waals surface area contributed by atoms with E-state index in [-0.39, 0.29) is 0 Å². The van der Waals surface area contributed by atoms with Crippen LogP contribution in [-0.2, 0) is 10.2 Å². The molecule has 2 fully saturated rings. The molecular weight excluding hydrogens is 248 g/mol. The van der Waals surface area contributed by atoms with Gasteiger partial charge in [-0.1, -0.05) is 6.42 Å². The summed E-state index contributed by atoms with van der Waals surface area (Å²) in [6.45, 7) is 2.16. The summed E-state index contributed by atoms with van der Waals surface area (Å²) in [6, 6.07) is 0. The minimum atomic E-state index is -0.696. The number of likely N-dealkylation sites (tertiary alicyclic amines) is 1. The number of nitrogens with zero attached hydrogens (tertiary/aromatic N) is 2. The SMILES string of the molecule is CN1CCC(c2csc(C3(C(=O)O)CCC3)n2)C1. The summed E-state index contributed by atoms with van der Waals surface area (Å²) in [5.41, 5.74) is 0.444. The average Bonchev–Trinajstić information content (AvgIpc) is 2.84. The van der Waals surface area contributed by atoms with Crippen molar-refractivity contribution in [2.45, 2.75) is 37.0 Å². The van der Waals surface area contributed by atoms with E-state index in [1.165, 1.54) is 11.3 Å². The molecule has 0 bridgehead atoms. The van der Waals surface area contributed by atoms with Crippen LogP contribution in [0, 0.1) is 0 Å². The highest BCUT2D eigenvalue weighted by Crippen LogP contribution is 2.45. The third-order valence-corrected chi connectivity index (χ3v) is 5.42. The molecule has 18 heavy (non-hydrogen) atoms. The maximum Gasteiger partial charge on any atom is 0.316 e. The Morgan fingerprint density at radius 1 is 1.61 bits per heavy atom. The maximum atomic E-state index is 11.4. The molecule has 0 spiro atoms. The number of likely N-dealkylation sites (N-methyl/N-ethyl adjacent to an activating group) is 1. The summed E-state index contributed by atoms with van der Waals surface area (Å²) >= 11 is 1.54. The number of thiazole rings is 1. The van der Waals surface area contributed by atoms with Crippen LogP contribution in [-0.4, -0.2) is 41.1 Å². The zero-order chi connectivity index (χ0) is 12.8. The fraction of sp³-hybridized carbons (Fsp3) is 0.692. The van der Waals surface area contributed by atoms with Gasteiger partial charge in [-0.3, -0.25) is 4.79 Å². The zero-order valence-electron chi connectivity index (χ0n) is 10.6. The third kappa shape index (κ3) is 1.77. The Labute approximate surface area is 111 Å². The molecule has 0 radical (unpaired) electrons. The summed E-state index contributed by atoms with van der Waals surface area (Å²) in [4.78, 5) is 18.4. The molecule has 1 unspecified atom stereocenters. The molecule has 1 atom stereocenters. The standard InChI is InChI=1S/C13H18N2O2S/c1-15-6-3-9(7-15)10-8-18-11(14-10)13(12(16)17)4-2-5-13/h8-9H,2-7H2,1H3,(H,16,17). The highest BCUT2D eigenvalue weighted by Gasteiger charge is 2.48. The predicted octanol–water partition coefficient (Wildman–Crippen LogP) is 2.07. The summed E-state index contributed by atoms with van der Waals surface area (Å²) in [7, 11) is 2.12. The van der Waals surface area contributed by atoms with Crippen LogP contribution in [0.4, 0.5) is 0 Å². The fourth-order valence-corrected chi connectivity index (χ4v) is 4.07. The van der Waals surface area contributed by atoms with Gasteiger partial charge in [0.2, 0.25) is 0 Å². The van der Waals surface area contributed by atoms with Crippen molar-refractivity contribution >= 4 is 17.3 Å². The number of aromatic nitrogens is 1. The van der Waals surface area contributed by atoms with Gasteiger partial charge in [-0.25, -0.2) is 4.98 Å². The van der Waals surface area contributed by atoms with Crippen LogP contribution in [0.5, 0.6) is 0 Å². The van der Waals surface area contributed by atoms with Gasteiger partial charge in [0.15, 0.2) is 0 Å². The lowest BCUT2D eigenvalue weighted by atomic mass is 9.69. The molecular formula is C13H18N2O2S. The largest absolute Gasteiger partial charge is 0.481 e. The highest BCUT2D eigenvalue weighted by atomic mass is 32.1. The van der Waals surface area contributed by atoms with Gasteiger partial charge < -0.3 is 10.0 Å². The number of rotatable bonds is 3. The van der Waals surface area contributed by atoms with E-state index >= 15 is 0 Å². The van der Waals surface area contributed by atoms with Gasteiger partial charge in [-0.05, 0) is 32.9 Å². The molecule has 1 N–H and O–H groups in total. The molecule has 1 saturated heterocycles. The lowest BCUT2D eigenvalue weighted by Crippen LogP contribution is -2.42. The molecule has 1 aliphatic heterocycles. The van der Waals surface area contributed by atoms with Crippen LogP contribution in [0.1, 0.15) is 42.3 Å². The van der Waals surface area contributed by atoms with Gasteiger partial charge in [0.25, 0.3) is 0 Å². The van der Waals surface area contributed by atoms with E-state index in [0.29, 0.717) is 5.92 Å². The van der Waals surface area contributed by atoms with Crippen LogP contribution in [0.2, 0.25) is 0 Å². The second-order valence-corrected chi connectivity index (χ2v) is 6.42. The smallest absolute Gasteiger partial charge is 0.316 e. The van der Waals surface area contributed by atoms with Gasteiger partial charge in [0.05, 0.1) is 5.69 Å². The van der Waals surface area contributed by atoms with Crippen molar-refractivity contribution < 1.29 is 9.90 Å². The fourth-order valence-electron chi connectivity index (χ4n) is 2.92. The lowest BCUT2D eigenvalue weighted by Gasteiger charge is -2.35. The predicted molar refractivity (Wildman–Crippen MR) is 70.1 cm³/mol. The van der Waals surface area contributed by atoms with Crippen LogP contribution in [0.3, 0.4) is 0 Å². The number of carboxylic acid groups (broad SMARTS) is 1. The first-order chi connectivity index (χ1) is 8.62. The molecule has 2 aliphatic rings. The molecule has 1 saturated carbocycles. The molecule has 1 aliphatic carbocycles. The summed E-state index contributed by atoms with van der Waals surface area (Å²) in [5.74, 6) is -0.205. The van der Waals surface area contributed by atoms with Crippen molar-refractivity contribution in [3.63, 3.8) is 0 Å². The van der Waals surface area contributed by atoms with E-state index in [1.807, 2.05) is 0 Å². The van der Waals surface area contributed by atoms with Gasteiger partial charge in [0, 0.05) is 17.8 Å². The van der Waals surface area contributed by atoms with Crippen molar-refractivity contribution in [1.82, 2.24) is 9.88 Å². The molecule has 2 heterocycles. The first kappa shape index (κ1) is 12.1. The third-order valence-electron chi connectivity index (χ3n) is 4.36. The second-order valence-electron chi connectivity index (χ2n) is 5.57. The molecule has 1 aromatic rings. The summed E-state index contributed by atoms with van der Waals surface area (Å²) < 4.78 is 0. The first-order valence-electron chi connectivity index (χ1n) is 6.50. The number of carbonyl (C=O) groups is 1. The summed E-state index contributed by atoms with van der Waals surface area (Å²) in [5, 5.41) is 12.3. The van der Waals surface area contributed by atoms with E-state index in [9.17, 15) is 9.90 Å². The van der Waals surface area contributed by atoms with Crippen molar-refractivity contribution in [1.29, 1.82) is 0 Å². The van der Waals surface area contributed by atoms with Crippen LogP contribution in [0.15, 0.2) is 5.38 Å². The zero-order valence-corrected chi connectivity index (χ0v) is 11.4. The lowest BCUT2D eigenvalue weighted by molar-refractivity contribution is -0.147. The van der Waals surface area contributed by atoms with Crippen molar-refractivity contribution in [2.24, 2.45) is 0 Å². The number of hydrogen-bond donors (Lipinski definition) is 1. The monoisotopic (exact) mass is 266 g/mol. The van der Waals surface area contributed by atoms with Gasteiger partial charge in [0.1, 0.15) is 10.4 Å². The number of hydrogen-bond acceptors (Lipinski definition) is 4. The number of carboxylic acids is 1. The highest BCUT2D eigenvalue weighted by molar-refractivity contribution is 7.10. The Morgan fingerprint density at radius 3 is 2.89 bits per heavy atom. The van der Waals surface area contributed by atoms with Crippen molar-refractivity contribution in [2.75, 3.05) is 20.1 Å². The van der Waals surface area contributed by atoms with E-state index < -0.39 is 11.4 Å². The van der Waals surface area contributed by atoms with Gasteiger partial charge in [-0.15, -0.1) is 11.3 Å². The summed E-state index contributed by atoms with van der Waals surface area (Å²) in [6.07, 6.45) is 3.65. The van der Waals surface area contributed by atoms with E-state index in [1.54, 1.807) is 0 Å². The van der Waals surface area contributed by atoms with Crippen LogP contribution in [0.25, 0.3) is 0 Å². The second kappa shape index (κ2) is 4.31. The van der Waals surface area contributed by atoms with Gasteiger partial charge in [-0.2, -0.15) is 0 Å². The van der Waals surface area contributed by atoms with E-state index in [0.717, 1.165) is 49.5 Å². The van der Waals surface area contributed by atoms with E-state index in [2.05, 4.69) is 22.3 Å². The van der Waals surface area contributed by atoms with Crippen molar-refractivity contribution in [3.05, 3.63) is 16.1 Å². The van der Waals surface area contributed by atoms with Gasteiger partial charge >= 0.3 is 5.97 Å². The molecule has 98 valence electrons. The topological polar surface area (TPSA) is 53.4 Å². The minimum Gasteiger partial charge on any atom is -0.481 e. The Balaban J connectivity index is 1.83. The molecule has 1 aromatic heterocycles. The molecule has 3 rings (SSSR count). The van der Waals surface area contributed by atoms with Crippen LogP contribution < -0.4 is 0 Å². The van der Waals surface area contributed by atoms with E-state index in [4.69, 9.17) is 0 Å². The Bertz CT molecular complexity index is 467. The Kier molecular flexibility index (Phi) is 2.90. The Morgan fingerprint density at radius 2 is 2.39 bits per heavy atom. The Hall–Kier alpha value is -0.940. The molecule has 4 nitrogen and oxygen atoms in total. The quantitative estimate of drug-likeness (QED) is 0.910. The normalized spacial score (nSPS) is 27.1. The average molecular weight is 266 g/mol. The first-order valence-corrected chi connectivity index (χ1v) is 7.38. The molecule has 0 aromatic carbocycles. The molecule has 5 heteroatoms.